The monoisotopic (exact) mass is 389 g/mol. The lowest BCUT2D eigenvalue weighted by Crippen LogP contribution is -2.42. The van der Waals surface area contributed by atoms with Crippen molar-refractivity contribution >= 4 is 21.7 Å². The molecule has 6 nitrogen and oxygen atoms in total. The fourth-order valence-electron chi connectivity index (χ4n) is 2.71. The van der Waals surface area contributed by atoms with Crippen LogP contribution in [0.2, 0.25) is 0 Å². The molecule has 0 aromatic heterocycles. The van der Waals surface area contributed by atoms with Crippen LogP contribution < -0.4 is 5.32 Å². The number of nitrogens with one attached hydrogen (secondary N) is 1. The number of benzene rings is 2. The van der Waals surface area contributed by atoms with Gasteiger partial charge in [0.05, 0.1) is 10.6 Å². The average molecular weight is 389 g/mol. The number of carbonyl (C=O) groups is 2. The summed E-state index contributed by atoms with van der Waals surface area (Å²) in [6.45, 7) is 3.73. The minimum absolute atomic E-state index is 0.0834. The van der Waals surface area contributed by atoms with Crippen LogP contribution in [0.4, 0.5) is 0 Å². The second-order valence-corrected chi connectivity index (χ2v) is 8.71. The Hall–Kier alpha value is -2.67. The number of hydrogen-bond acceptors (Lipinski definition) is 4. The van der Waals surface area contributed by atoms with Crippen molar-refractivity contribution in [3.63, 3.8) is 0 Å². The van der Waals surface area contributed by atoms with Gasteiger partial charge in [0.1, 0.15) is 6.04 Å². The van der Waals surface area contributed by atoms with Crippen LogP contribution in [0.3, 0.4) is 0 Å². The summed E-state index contributed by atoms with van der Waals surface area (Å²) in [4.78, 5) is 24.2. The van der Waals surface area contributed by atoms with Crippen LogP contribution in [0.5, 0.6) is 0 Å². The fraction of sp³-hybridized carbons (Fsp3) is 0.300. The van der Waals surface area contributed by atoms with Gasteiger partial charge >= 0.3 is 5.97 Å². The lowest BCUT2D eigenvalue weighted by molar-refractivity contribution is -0.139. The number of hydrogen-bond donors (Lipinski definition) is 2. The third-order valence-electron chi connectivity index (χ3n) is 4.02. The van der Waals surface area contributed by atoms with Gasteiger partial charge in [-0.3, -0.25) is 4.79 Å². The van der Waals surface area contributed by atoms with Gasteiger partial charge in [0, 0.05) is 5.56 Å². The van der Waals surface area contributed by atoms with Crippen LogP contribution >= 0.6 is 0 Å². The first-order chi connectivity index (χ1) is 12.7. The predicted octanol–water partition coefficient (Wildman–Crippen LogP) is 2.89. The van der Waals surface area contributed by atoms with Gasteiger partial charge in [-0.15, -0.1) is 0 Å². The zero-order valence-electron chi connectivity index (χ0n) is 15.3. The molecule has 144 valence electrons. The first kappa shape index (κ1) is 20.6. The largest absolute Gasteiger partial charge is 0.480 e. The van der Waals surface area contributed by atoms with E-state index in [2.05, 4.69) is 5.32 Å². The maximum absolute atomic E-state index is 12.6. The number of carbonyl (C=O) groups excluding carboxylic acids is 1. The Morgan fingerprint density at radius 3 is 2.19 bits per heavy atom. The van der Waals surface area contributed by atoms with Crippen LogP contribution in [-0.4, -0.2) is 31.4 Å². The Morgan fingerprint density at radius 1 is 1.00 bits per heavy atom. The van der Waals surface area contributed by atoms with E-state index in [4.69, 9.17) is 0 Å². The summed E-state index contributed by atoms with van der Waals surface area (Å²) in [6.07, 6.45) is 0.283. The van der Waals surface area contributed by atoms with E-state index in [0.29, 0.717) is 5.56 Å². The Bertz CT molecular complexity index is 907. The lowest BCUT2D eigenvalue weighted by Gasteiger charge is -2.17. The van der Waals surface area contributed by atoms with Crippen LogP contribution in [0, 0.1) is 5.92 Å². The van der Waals surface area contributed by atoms with E-state index in [0.717, 1.165) is 0 Å². The molecule has 0 aliphatic rings. The number of carboxylic acids is 1. The smallest absolute Gasteiger partial charge is 0.326 e. The van der Waals surface area contributed by atoms with Crippen molar-refractivity contribution in [2.24, 2.45) is 5.92 Å². The normalized spacial score (nSPS) is 12.6. The van der Waals surface area contributed by atoms with Gasteiger partial charge in [-0.25, -0.2) is 13.2 Å². The third-order valence-corrected chi connectivity index (χ3v) is 5.70. The Balaban J connectivity index is 2.27. The van der Waals surface area contributed by atoms with Crippen LogP contribution in [0.15, 0.2) is 59.5 Å². The molecule has 2 aromatic carbocycles. The molecular formula is C20H23NO5S. The number of aliphatic carboxylic acids is 1. The maximum Gasteiger partial charge on any atom is 0.326 e. The van der Waals surface area contributed by atoms with E-state index in [9.17, 15) is 23.1 Å². The van der Waals surface area contributed by atoms with Crippen molar-refractivity contribution in [1.29, 1.82) is 0 Å². The maximum atomic E-state index is 12.6. The first-order valence-electron chi connectivity index (χ1n) is 8.60. The zero-order valence-corrected chi connectivity index (χ0v) is 16.1. The molecule has 0 aliphatic heterocycles. The van der Waals surface area contributed by atoms with Crippen molar-refractivity contribution in [3.05, 3.63) is 65.7 Å². The number of rotatable bonds is 8. The van der Waals surface area contributed by atoms with E-state index in [-0.39, 0.29) is 28.6 Å². The second-order valence-electron chi connectivity index (χ2n) is 6.72. The molecule has 0 heterocycles. The number of sulfone groups is 1. The molecule has 7 heteroatoms. The molecule has 0 bridgehead atoms. The van der Waals surface area contributed by atoms with E-state index in [1.807, 2.05) is 13.8 Å². The summed E-state index contributed by atoms with van der Waals surface area (Å²) in [5.74, 6) is -1.98. The minimum Gasteiger partial charge on any atom is -0.480 e. The van der Waals surface area contributed by atoms with Gasteiger partial charge in [-0.05, 0) is 36.1 Å². The van der Waals surface area contributed by atoms with Crippen molar-refractivity contribution < 1.29 is 23.1 Å². The predicted molar refractivity (Wildman–Crippen MR) is 102 cm³/mol. The molecule has 0 saturated carbocycles. The zero-order chi connectivity index (χ0) is 20.0. The standard InChI is InChI=1S/C20H23NO5S/c1-14(2)12-18(20(23)24)21-19(22)17-11-7-6-8-15(17)13-27(25,26)16-9-4-3-5-10-16/h3-11,14,18H,12-13H2,1-2H3,(H,21,22)(H,23,24)/t18-/m1/s1. The Labute approximate surface area is 159 Å². The Morgan fingerprint density at radius 2 is 1.59 bits per heavy atom. The molecule has 2 N–H and O–H groups in total. The van der Waals surface area contributed by atoms with E-state index < -0.39 is 27.8 Å². The van der Waals surface area contributed by atoms with Crippen molar-refractivity contribution in [1.82, 2.24) is 5.32 Å². The summed E-state index contributed by atoms with van der Waals surface area (Å²) >= 11 is 0. The highest BCUT2D eigenvalue weighted by Crippen LogP contribution is 2.19. The van der Waals surface area contributed by atoms with Gasteiger partial charge in [-0.1, -0.05) is 50.2 Å². The van der Waals surface area contributed by atoms with Gasteiger partial charge in [-0.2, -0.15) is 0 Å². The van der Waals surface area contributed by atoms with Crippen LogP contribution in [-0.2, 0) is 20.4 Å². The third kappa shape index (κ3) is 5.65. The summed E-state index contributed by atoms with van der Waals surface area (Å²) in [5.41, 5.74) is 0.486. The van der Waals surface area contributed by atoms with Gasteiger partial charge in [0.25, 0.3) is 5.91 Å². The summed E-state index contributed by atoms with van der Waals surface area (Å²) in [6, 6.07) is 13.3. The molecule has 1 amide bonds. The molecule has 27 heavy (non-hydrogen) atoms. The number of amides is 1. The molecule has 0 saturated heterocycles. The lowest BCUT2D eigenvalue weighted by atomic mass is 10.0. The van der Waals surface area contributed by atoms with Crippen LogP contribution in [0.1, 0.15) is 36.2 Å². The van der Waals surface area contributed by atoms with E-state index >= 15 is 0 Å². The highest BCUT2D eigenvalue weighted by atomic mass is 32.2. The summed E-state index contributed by atoms with van der Waals surface area (Å²) in [5, 5.41) is 11.8. The molecule has 0 spiro atoms. The van der Waals surface area contributed by atoms with Gasteiger partial charge < -0.3 is 10.4 Å². The highest BCUT2D eigenvalue weighted by molar-refractivity contribution is 7.90. The minimum atomic E-state index is -3.63. The van der Waals surface area contributed by atoms with Crippen molar-refractivity contribution in [3.8, 4) is 0 Å². The molecule has 0 unspecified atom stereocenters. The van der Waals surface area contributed by atoms with Crippen LogP contribution in [0.25, 0.3) is 0 Å². The van der Waals surface area contributed by atoms with Gasteiger partial charge in [0.2, 0.25) is 0 Å². The average Bonchev–Trinajstić information content (AvgIpc) is 2.61. The van der Waals surface area contributed by atoms with E-state index in [1.165, 1.54) is 18.2 Å². The fourth-order valence-corrected chi connectivity index (χ4v) is 4.11. The summed E-state index contributed by atoms with van der Waals surface area (Å²) < 4.78 is 25.3. The van der Waals surface area contributed by atoms with Crippen molar-refractivity contribution in [2.45, 2.75) is 37.0 Å². The number of carboxylic acid groups (broad SMARTS) is 1. The quantitative estimate of drug-likeness (QED) is 0.723. The van der Waals surface area contributed by atoms with Crippen molar-refractivity contribution in [2.75, 3.05) is 0 Å². The SMILES string of the molecule is CC(C)C[C@@H](NC(=O)c1ccccc1CS(=O)(=O)c1ccccc1)C(=O)O. The topological polar surface area (TPSA) is 101 Å². The van der Waals surface area contributed by atoms with Gasteiger partial charge in [0.15, 0.2) is 9.84 Å². The Kier molecular flexibility index (Phi) is 6.74. The molecule has 0 fully saturated rings. The molecular weight excluding hydrogens is 366 g/mol. The molecule has 2 rings (SSSR count). The highest BCUT2D eigenvalue weighted by Gasteiger charge is 2.24. The molecule has 0 radical (unpaired) electrons. The summed E-state index contributed by atoms with van der Waals surface area (Å²) in [7, 11) is -3.63. The molecule has 2 aromatic rings. The second kappa shape index (κ2) is 8.81. The van der Waals surface area contributed by atoms with E-state index in [1.54, 1.807) is 36.4 Å². The first-order valence-corrected chi connectivity index (χ1v) is 10.3. The molecule has 1 atom stereocenters. The molecule has 0 aliphatic carbocycles.